The second kappa shape index (κ2) is 5.60. The zero-order chi connectivity index (χ0) is 14.9. The summed E-state index contributed by atoms with van der Waals surface area (Å²) in [6, 6.07) is 5.48. The molecule has 2 aliphatic rings. The van der Waals surface area contributed by atoms with Crippen molar-refractivity contribution in [2.45, 2.75) is 31.6 Å². The van der Waals surface area contributed by atoms with Crippen LogP contribution in [0.4, 0.5) is 0 Å². The number of amides is 2. The van der Waals surface area contributed by atoms with Crippen LogP contribution in [0.15, 0.2) is 18.2 Å². The highest BCUT2D eigenvalue weighted by Crippen LogP contribution is 2.46. The van der Waals surface area contributed by atoms with E-state index in [1.807, 2.05) is 12.1 Å². The van der Waals surface area contributed by atoms with E-state index in [0.29, 0.717) is 18.1 Å². The van der Waals surface area contributed by atoms with Gasteiger partial charge in [-0.1, -0.05) is 19.4 Å². The number of carbonyl (C=O) groups is 2. The average molecular weight is 307 g/mol. The van der Waals surface area contributed by atoms with Gasteiger partial charge in [-0.25, -0.2) is 0 Å². The van der Waals surface area contributed by atoms with Gasteiger partial charge in [-0.2, -0.15) is 0 Å². The Labute approximate surface area is 127 Å². The Morgan fingerprint density at radius 1 is 1.43 bits per heavy atom. The Hall–Kier alpha value is -1.69. The first-order valence-electron chi connectivity index (χ1n) is 7.07. The third kappa shape index (κ3) is 2.48. The molecular weight excluding hydrogens is 290 g/mol. The molecule has 0 radical (unpaired) electrons. The first-order chi connectivity index (χ1) is 10.2. The van der Waals surface area contributed by atoms with Crippen LogP contribution in [0, 0.1) is 0 Å². The number of ether oxygens (including phenoxy) is 1. The van der Waals surface area contributed by atoms with Crippen molar-refractivity contribution in [3.8, 4) is 11.5 Å². The van der Waals surface area contributed by atoms with E-state index in [9.17, 15) is 9.59 Å². The number of hydrogen-bond acceptors (Lipinski definition) is 5. The van der Waals surface area contributed by atoms with Gasteiger partial charge in [0.15, 0.2) is 0 Å². The van der Waals surface area contributed by atoms with Crippen molar-refractivity contribution in [3.05, 3.63) is 23.8 Å². The highest BCUT2D eigenvalue weighted by molar-refractivity contribution is 7.95. The monoisotopic (exact) mass is 307 g/mol. The van der Waals surface area contributed by atoms with Crippen LogP contribution in [-0.4, -0.2) is 24.2 Å². The molecule has 0 aromatic heterocycles. The van der Waals surface area contributed by atoms with Crippen LogP contribution in [0.2, 0.25) is 0 Å². The number of nitrogens with one attached hydrogen (secondary N) is 1. The van der Waals surface area contributed by atoms with Gasteiger partial charge >= 0.3 is 0 Å². The van der Waals surface area contributed by atoms with Gasteiger partial charge < -0.3 is 8.92 Å². The van der Waals surface area contributed by atoms with Crippen molar-refractivity contribution >= 4 is 23.9 Å². The predicted molar refractivity (Wildman–Crippen MR) is 79.4 cm³/mol. The number of unbranched alkanes of at least 4 members (excludes halogenated alkanes) is 1. The lowest BCUT2D eigenvalue weighted by molar-refractivity contribution is -0.126. The van der Waals surface area contributed by atoms with Crippen molar-refractivity contribution in [1.82, 2.24) is 5.32 Å². The average Bonchev–Trinajstić information content (AvgIpc) is 2.74. The summed E-state index contributed by atoms with van der Waals surface area (Å²) in [5.41, 5.74) is -0.0236. The number of carbonyl (C=O) groups excluding carboxylic acids is 2. The smallest absolute Gasteiger partial charge is 0.238 e. The van der Waals surface area contributed by atoms with Crippen molar-refractivity contribution in [1.29, 1.82) is 0 Å². The molecule has 2 heterocycles. The third-order valence-electron chi connectivity index (χ3n) is 3.84. The van der Waals surface area contributed by atoms with Crippen LogP contribution >= 0.6 is 12.0 Å². The fourth-order valence-electron chi connectivity index (χ4n) is 2.64. The van der Waals surface area contributed by atoms with E-state index in [1.54, 1.807) is 6.07 Å². The topological polar surface area (TPSA) is 64.6 Å². The fraction of sp³-hybridized carbons (Fsp3) is 0.467. The molecule has 112 valence electrons. The minimum Gasteiger partial charge on any atom is -0.493 e. The number of fused-ring (bicyclic) bond motifs is 2. The zero-order valence-corrected chi connectivity index (χ0v) is 12.6. The van der Waals surface area contributed by atoms with Crippen LogP contribution in [0.25, 0.3) is 0 Å². The lowest BCUT2D eigenvalue weighted by atomic mass is 9.80. The minimum absolute atomic E-state index is 0.186. The van der Waals surface area contributed by atoms with Gasteiger partial charge in [0.2, 0.25) is 11.8 Å². The molecule has 1 aromatic carbocycles. The lowest BCUT2D eigenvalue weighted by Crippen LogP contribution is -2.40. The summed E-state index contributed by atoms with van der Waals surface area (Å²) in [7, 11) is 0. The summed E-state index contributed by atoms with van der Waals surface area (Å²) in [5, 5.41) is 2.40. The van der Waals surface area contributed by atoms with E-state index in [-0.39, 0.29) is 18.2 Å². The molecule has 1 fully saturated rings. The molecule has 21 heavy (non-hydrogen) atoms. The van der Waals surface area contributed by atoms with E-state index in [4.69, 9.17) is 8.92 Å². The Kier molecular flexibility index (Phi) is 3.80. The Balaban J connectivity index is 1.89. The molecule has 1 aromatic rings. The number of benzene rings is 1. The highest BCUT2D eigenvalue weighted by Gasteiger charge is 2.51. The quantitative estimate of drug-likeness (QED) is 0.525. The van der Waals surface area contributed by atoms with Crippen molar-refractivity contribution in [2.75, 3.05) is 12.4 Å². The van der Waals surface area contributed by atoms with E-state index < -0.39 is 5.41 Å². The molecule has 0 aliphatic carbocycles. The van der Waals surface area contributed by atoms with Gasteiger partial charge in [-0.15, -0.1) is 0 Å². The summed E-state index contributed by atoms with van der Waals surface area (Å²) in [4.78, 5) is 23.8. The van der Waals surface area contributed by atoms with Gasteiger partial charge in [0.05, 0.1) is 29.8 Å². The molecule has 3 rings (SSSR count). The second-order valence-electron chi connectivity index (χ2n) is 5.34. The summed E-state index contributed by atoms with van der Waals surface area (Å²) >= 11 is 1.21. The summed E-state index contributed by atoms with van der Waals surface area (Å²) in [6.45, 7) is 2.77. The van der Waals surface area contributed by atoms with E-state index >= 15 is 0 Å². The van der Waals surface area contributed by atoms with E-state index in [0.717, 1.165) is 24.2 Å². The van der Waals surface area contributed by atoms with Gasteiger partial charge in [0.1, 0.15) is 11.5 Å². The standard InChI is InChI=1S/C15H17NO4S/c1-2-3-6-19-10-4-5-11-12(7-10)20-21-9-15(11)8-13(17)16-14(15)18/h4-5,7H,2-3,6,8-9H2,1H3,(H,16,17,18). The first kappa shape index (κ1) is 14.3. The predicted octanol–water partition coefficient (Wildman–Crippen LogP) is 2.19. The summed E-state index contributed by atoms with van der Waals surface area (Å²) in [5.74, 6) is 1.34. The molecule has 5 nitrogen and oxygen atoms in total. The Morgan fingerprint density at radius 2 is 2.29 bits per heavy atom. The normalized spacial score (nSPS) is 23.7. The first-order valence-corrected chi connectivity index (χ1v) is 7.98. The minimum atomic E-state index is -0.794. The van der Waals surface area contributed by atoms with E-state index in [1.165, 1.54) is 12.0 Å². The SMILES string of the molecule is CCCCOc1ccc2c(c1)OSCC21CC(=O)NC1=O. The maximum absolute atomic E-state index is 12.2. The van der Waals surface area contributed by atoms with Crippen LogP contribution in [-0.2, 0) is 15.0 Å². The maximum Gasteiger partial charge on any atom is 0.238 e. The van der Waals surface area contributed by atoms with Crippen LogP contribution < -0.4 is 14.2 Å². The van der Waals surface area contributed by atoms with Crippen molar-refractivity contribution in [2.24, 2.45) is 0 Å². The van der Waals surface area contributed by atoms with Crippen LogP contribution in [0.1, 0.15) is 31.7 Å². The van der Waals surface area contributed by atoms with Gasteiger partial charge in [0.25, 0.3) is 0 Å². The molecule has 2 aliphatic heterocycles. The van der Waals surface area contributed by atoms with Gasteiger partial charge in [-0.3, -0.25) is 14.9 Å². The zero-order valence-electron chi connectivity index (χ0n) is 11.8. The fourth-order valence-corrected chi connectivity index (χ4v) is 3.55. The Bertz CT molecular complexity index is 589. The lowest BCUT2D eigenvalue weighted by Gasteiger charge is -2.31. The molecule has 1 spiro atoms. The van der Waals surface area contributed by atoms with Crippen molar-refractivity contribution < 1.29 is 18.5 Å². The van der Waals surface area contributed by atoms with Crippen LogP contribution in [0.3, 0.4) is 0 Å². The number of hydrogen-bond donors (Lipinski definition) is 1. The molecular formula is C15H17NO4S. The summed E-state index contributed by atoms with van der Waals surface area (Å²) < 4.78 is 11.2. The molecule has 1 unspecified atom stereocenters. The molecule has 0 bridgehead atoms. The van der Waals surface area contributed by atoms with E-state index in [2.05, 4.69) is 12.2 Å². The van der Waals surface area contributed by atoms with Crippen molar-refractivity contribution in [3.63, 3.8) is 0 Å². The van der Waals surface area contributed by atoms with Gasteiger partial charge in [-0.05, 0) is 12.5 Å². The molecule has 0 saturated carbocycles. The molecule has 6 heteroatoms. The highest BCUT2D eigenvalue weighted by atomic mass is 32.2. The maximum atomic E-state index is 12.2. The molecule has 1 N–H and O–H groups in total. The van der Waals surface area contributed by atoms with Gasteiger partial charge in [0, 0.05) is 18.1 Å². The largest absolute Gasteiger partial charge is 0.493 e. The molecule has 2 amide bonds. The summed E-state index contributed by atoms with van der Waals surface area (Å²) in [6.07, 6.45) is 2.25. The van der Waals surface area contributed by atoms with Crippen LogP contribution in [0.5, 0.6) is 11.5 Å². The molecule has 1 saturated heterocycles. The number of rotatable bonds is 4. The number of imide groups is 1. The molecule has 1 atom stereocenters. The third-order valence-corrected chi connectivity index (χ3v) is 4.75. The second-order valence-corrected chi connectivity index (χ2v) is 6.03. The Morgan fingerprint density at radius 3 is 3.00 bits per heavy atom.